The number of aliphatic carboxylic acids is 1. The van der Waals surface area contributed by atoms with Crippen molar-refractivity contribution in [2.24, 2.45) is 0 Å². The number of hydrogen-bond donors (Lipinski definition) is 1. The molecule has 4 heteroatoms. The zero-order chi connectivity index (χ0) is 11.8. The average Bonchev–Trinajstić information content (AvgIpc) is 2.17. The summed E-state index contributed by atoms with van der Waals surface area (Å²) >= 11 is 0. The summed E-state index contributed by atoms with van der Waals surface area (Å²) in [6, 6.07) is 0. The van der Waals surface area contributed by atoms with Crippen LogP contribution in [0, 0.1) is 0 Å². The Morgan fingerprint density at radius 2 is 1.80 bits per heavy atom. The monoisotopic (exact) mass is 214 g/mol. The summed E-state index contributed by atoms with van der Waals surface area (Å²) in [4.78, 5) is 14.7. The quantitative estimate of drug-likeness (QED) is 0.648. The van der Waals surface area contributed by atoms with Gasteiger partial charge in [0.1, 0.15) is 5.70 Å². The van der Waals surface area contributed by atoms with E-state index in [-0.39, 0.29) is 0 Å². The van der Waals surface area contributed by atoms with Gasteiger partial charge in [-0.05, 0) is 19.5 Å². The van der Waals surface area contributed by atoms with Gasteiger partial charge >= 0.3 is 5.97 Å². The minimum absolute atomic E-state index is 0.363. The van der Waals surface area contributed by atoms with Gasteiger partial charge in [0.15, 0.2) is 0 Å². The van der Waals surface area contributed by atoms with Crippen LogP contribution in [0.4, 0.5) is 0 Å². The molecule has 0 aliphatic carbocycles. The van der Waals surface area contributed by atoms with Crippen LogP contribution in [-0.4, -0.2) is 54.6 Å². The molecule has 0 bridgehead atoms. The minimum atomic E-state index is -0.862. The first kappa shape index (κ1) is 14.0. The van der Waals surface area contributed by atoms with E-state index >= 15 is 0 Å². The van der Waals surface area contributed by atoms with E-state index in [4.69, 9.17) is 5.11 Å². The zero-order valence-electron chi connectivity index (χ0n) is 10.2. The standard InChI is InChI=1S/C11H22N2O2/c1-5-13(6-2)9-7-8-10(11(14)15)12(3)4/h8H,5-7,9H2,1-4H3,(H,14,15). The summed E-state index contributed by atoms with van der Waals surface area (Å²) in [5.74, 6) is -0.862. The van der Waals surface area contributed by atoms with E-state index in [1.165, 1.54) is 0 Å². The highest BCUT2D eigenvalue weighted by molar-refractivity contribution is 5.85. The van der Waals surface area contributed by atoms with Crippen LogP contribution in [0.1, 0.15) is 20.3 Å². The second-order valence-corrected chi connectivity index (χ2v) is 3.60. The molecule has 0 atom stereocenters. The van der Waals surface area contributed by atoms with Crippen molar-refractivity contribution in [1.29, 1.82) is 0 Å². The van der Waals surface area contributed by atoms with Crippen LogP contribution in [0.15, 0.2) is 11.8 Å². The highest BCUT2D eigenvalue weighted by Gasteiger charge is 2.08. The van der Waals surface area contributed by atoms with Gasteiger partial charge in [0.05, 0.1) is 0 Å². The highest BCUT2D eigenvalue weighted by Crippen LogP contribution is 2.01. The van der Waals surface area contributed by atoms with Crippen LogP contribution in [0.5, 0.6) is 0 Å². The predicted octanol–water partition coefficient (Wildman–Crippen LogP) is 1.25. The van der Waals surface area contributed by atoms with Crippen molar-refractivity contribution in [3.05, 3.63) is 11.8 Å². The Kier molecular flexibility index (Phi) is 6.79. The lowest BCUT2D eigenvalue weighted by Crippen LogP contribution is -2.24. The summed E-state index contributed by atoms with van der Waals surface area (Å²) in [6.45, 7) is 7.15. The van der Waals surface area contributed by atoms with Crippen LogP contribution < -0.4 is 0 Å². The largest absolute Gasteiger partial charge is 0.477 e. The summed E-state index contributed by atoms with van der Waals surface area (Å²) in [6.07, 6.45) is 2.56. The normalized spacial score (nSPS) is 11.9. The zero-order valence-corrected chi connectivity index (χ0v) is 10.2. The van der Waals surface area contributed by atoms with Gasteiger partial charge in [-0.1, -0.05) is 19.9 Å². The van der Waals surface area contributed by atoms with Gasteiger partial charge in [0.25, 0.3) is 0 Å². The van der Waals surface area contributed by atoms with Crippen molar-refractivity contribution in [2.45, 2.75) is 20.3 Å². The summed E-state index contributed by atoms with van der Waals surface area (Å²) in [7, 11) is 3.49. The van der Waals surface area contributed by atoms with Crippen LogP contribution in [0.3, 0.4) is 0 Å². The number of hydrogen-bond acceptors (Lipinski definition) is 3. The van der Waals surface area contributed by atoms with Crippen LogP contribution in [0.2, 0.25) is 0 Å². The fourth-order valence-electron chi connectivity index (χ4n) is 1.38. The molecular formula is C11H22N2O2. The van der Waals surface area contributed by atoms with Crippen LogP contribution >= 0.6 is 0 Å². The van der Waals surface area contributed by atoms with E-state index in [1.54, 1.807) is 25.1 Å². The number of nitrogens with zero attached hydrogens (tertiary/aromatic N) is 2. The van der Waals surface area contributed by atoms with Gasteiger partial charge in [0, 0.05) is 20.6 Å². The first-order chi connectivity index (χ1) is 7.02. The molecule has 0 saturated heterocycles. The fraction of sp³-hybridized carbons (Fsp3) is 0.727. The third-order valence-corrected chi connectivity index (χ3v) is 2.38. The topological polar surface area (TPSA) is 43.8 Å². The van der Waals surface area contributed by atoms with Crippen molar-refractivity contribution < 1.29 is 9.90 Å². The first-order valence-corrected chi connectivity index (χ1v) is 5.36. The predicted molar refractivity (Wildman–Crippen MR) is 61.8 cm³/mol. The van der Waals surface area contributed by atoms with E-state index in [9.17, 15) is 4.79 Å². The first-order valence-electron chi connectivity index (χ1n) is 5.36. The lowest BCUT2D eigenvalue weighted by atomic mass is 10.3. The molecule has 0 unspecified atom stereocenters. The number of carboxylic acid groups (broad SMARTS) is 1. The molecule has 0 saturated carbocycles. The summed E-state index contributed by atoms with van der Waals surface area (Å²) in [5, 5.41) is 8.90. The highest BCUT2D eigenvalue weighted by atomic mass is 16.4. The van der Waals surface area contributed by atoms with Crippen molar-refractivity contribution in [1.82, 2.24) is 9.80 Å². The van der Waals surface area contributed by atoms with E-state index in [0.717, 1.165) is 26.1 Å². The van der Waals surface area contributed by atoms with Gasteiger partial charge in [0.2, 0.25) is 0 Å². The van der Waals surface area contributed by atoms with Gasteiger partial charge in [-0.25, -0.2) is 4.79 Å². The fourth-order valence-corrected chi connectivity index (χ4v) is 1.38. The third-order valence-electron chi connectivity index (χ3n) is 2.38. The number of rotatable bonds is 7. The molecule has 1 N–H and O–H groups in total. The van der Waals surface area contributed by atoms with E-state index in [0.29, 0.717) is 5.70 Å². The van der Waals surface area contributed by atoms with Crippen molar-refractivity contribution in [3.63, 3.8) is 0 Å². The molecule has 0 radical (unpaired) electrons. The molecule has 88 valence electrons. The van der Waals surface area contributed by atoms with Gasteiger partial charge in [-0.2, -0.15) is 0 Å². The Morgan fingerprint density at radius 3 is 2.13 bits per heavy atom. The maximum atomic E-state index is 10.8. The molecule has 0 amide bonds. The van der Waals surface area contributed by atoms with Gasteiger partial charge < -0.3 is 14.9 Å². The second-order valence-electron chi connectivity index (χ2n) is 3.60. The molecule has 0 aliphatic heterocycles. The molecule has 0 aromatic carbocycles. The maximum absolute atomic E-state index is 10.8. The van der Waals surface area contributed by atoms with Crippen LogP contribution in [0.25, 0.3) is 0 Å². The molecule has 15 heavy (non-hydrogen) atoms. The summed E-state index contributed by atoms with van der Waals surface area (Å²) < 4.78 is 0. The smallest absolute Gasteiger partial charge is 0.351 e. The lowest BCUT2D eigenvalue weighted by molar-refractivity contribution is -0.134. The molecule has 0 fully saturated rings. The molecule has 0 aromatic heterocycles. The Balaban J connectivity index is 4.17. The Labute approximate surface area is 92.2 Å². The van der Waals surface area contributed by atoms with E-state index in [2.05, 4.69) is 18.7 Å². The third kappa shape index (κ3) is 5.42. The van der Waals surface area contributed by atoms with Crippen molar-refractivity contribution in [3.8, 4) is 0 Å². The molecule has 0 aliphatic rings. The molecule has 4 nitrogen and oxygen atoms in total. The minimum Gasteiger partial charge on any atom is -0.477 e. The number of carbonyl (C=O) groups is 1. The maximum Gasteiger partial charge on any atom is 0.351 e. The van der Waals surface area contributed by atoms with Crippen LogP contribution in [-0.2, 0) is 4.79 Å². The summed E-state index contributed by atoms with van der Waals surface area (Å²) in [5.41, 5.74) is 0.363. The molecule has 0 heterocycles. The second kappa shape index (κ2) is 7.29. The Hall–Kier alpha value is -1.03. The Morgan fingerprint density at radius 1 is 1.27 bits per heavy atom. The van der Waals surface area contributed by atoms with Gasteiger partial charge in [-0.3, -0.25) is 0 Å². The lowest BCUT2D eigenvalue weighted by Gasteiger charge is -2.17. The SMILES string of the molecule is CCN(CC)CCC=C(C(=O)O)N(C)C. The number of likely N-dealkylation sites (N-methyl/N-ethyl adjacent to an activating group) is 1. The van der Waals surface area contributed by atoms with E-state index < -0.39 is 5.97 Å². The van der Waals surface area contributed by atoms with Gasteiger partial charge in [-0.15, -0.1) is 0 Å². The van der Waals surface area contributed by atoms with E-state index in [1.807, 2.05) is 0 Å². The van der Waals surface area contributed by atoms with Crippen molar-refractivity contribution in [2.75, 3.05) is 33.7 Å². The Bertz CT molecular complexity index is 221. The molecule has 0 aromatic rings. The number of carboxylic acids is 1. The molecule has 0 rings (SSSR count). The average molecular weight is 214 g/mol. The molecule has 0 spiro atoms. The molecular weight excluding hydrogens is 192 g/mol. The van der Waals surface area contributed by atoms with Crippen molar-refractivity contribution >= 4 is 5.97 Å².